The minimum absolute atomic E-state index is 0.463. The Balaban J connectivity index is 2.09. The summed E-state index contributed by atoms with van der Waals surface area (Å²) in [6, 6.07) is 0. The van der Waals surface area contributed by atoms with Crippen LogP contribution < -0.4 is 0 Å². The Morgan fingerprint density at radius 3 is 2.27 bits per heavy atom. The molecule has 11 heavy (non-hydrogen) atoms. The molecule has 0 unspecified atom stereocenters. The fourth-order valence-corrected chi connectivity index (χ4v) is 1.57. The molecule has 0 spiro atoms. The fraction of sp³-hybridized carbons (Fsp3) is 1.00. The number of ether oxygens (including phenoxy) is 2. The summed E-state index contributed by atoms with van der Waals surface area (Å²) in [4.78, 5) is 0. The van der Waals surface area contributed by atoms with Crippen molar-refractivity contribution in [2.45, 2.75) is 44.6 Å². The van der Waals surface area contributed by atoms with Crippen LogP contribution in [0.15, 0.2) is 0 Å². The van der Waals surface area contributed by atoms with Crippen molar-refractivity contribution in [2.24, 2.45) is 0 Å². The topological polar surface area (TPSA) is 18.5 Å². The fourth-order valence-electron chi connectivity index (χ4n) is 1.57. The molecular weight excluding hydrogens is 140 g/mol. The van der Waals surface area contributed by atoms with Gasteiger partial charge in [0, 0.05) is 7.11 Å². The van der Waals surface area contributed by atoms with Crippen molar-refractivity contribution in [2.75, 3.05) is 13.9 Å². The average molecular weight is 158 g/mol. The summed E-state index contributed by atoms with van der Waals surface area (Å²) in [6.07, 6.45) is 8.34. The summed E-state index contributed by atoms with van der Waals surface area (Å²) in [5.41, 5.74) is 0. The third-order valence-electron chi connectivity index (χ3n) is 2.22. The first-order valence-corrected chi connectivity index (χ1v) is 4.54. The molecule has 0 aromatic heterocycles. The molecule has 0 aliphatic heterocycles. The zero-order chi connectivity index (χ0) is 7.94. The van der Waals surface area contributed by atoms with Crippen LogP contribution in [0.3, 0.4) is 0 Å². The monoisotopic (exact) mass is 158 g/mol. The third kappa shape index (κ3) is 3.73. The minimum Gasteiger partial charge on any atom is -0.359 e. The van der Waals surface area contributed by atoms with E-state index in [1.165, 1.54) is 38.5 Å². The lowest BCUT2D eigenvalue weighted by atomic mass is 10.2. The molecular formula is C9H18O2. The van der Waals surface area contributed by atoms with Crippen LogP contribution in [0.2, 0.25) is 0 Å². The van der Waals surface area contributed by atoms with Gasteiger partial charge in [-0.25, -0.2) is 0 Å². The van der Waals surface area contributed by atoms with Gasteiger partial charge in [-0.15, -0.1) is 0 Å². The molecule has 0 saturated heterocycles. The molecule has 1 saturated carbocycles. The SMILES string of the molecule is COCOC1CCCCCC1. The smallest absolute Gasteiger partial charge is 0.146 e. The van der Waals surface area contributed by atoms with E-state index in [1.54, 1.807) is 7.11 Å². The highest BCUT2D eigenvalue weighted by Gasteiger charge is 2.11. The number of hydrogen-bond donors (Lipinski definition) is 0. The summed E-state index contributed by atoms with van der Waals surface area (Å²) in [5.74, 6) is 0. The predicted molar refractivity (Wildman–Crippen MR) is 44.5 cm³/mol. The second kappa shape index (κ2) is 5.56. The first-order chi connectivity index (χ1) is 5.43. The summed E-state index contributed by atoms with van der Waals surface area (Å²) in [6.45, 7) is 0.463. The molecule has 0 heterocycles. The first-order valence-electron chi connectivity index (χ1n) is 4.54. The highest BCUT2D eigenvalue weighted by molar-refractivity contribution is 4.62. The van der Waals surface area contributed by atoms with E-state index in [1.807, 2.05) is 0 Å². The maximum Gasteiger partial charge on any atom is 0.146 e. The van der Waals surface area contributed by atoms with Crippen molar-refractivity contribution in [3.8, 4) is 0 Å². The molecule has 2 nitrogen and oxygen atoms in total. The van der Waals surface area contributed by atoms with Gasteiger partial charge in [0.25, 0.3) is 0 Å². The van der Waals surface area contributed by atoms with Crippen molar-refractivity contribution >= 4 is 0 Å². The Hall–Kier alpha value is -0.0800. The van der Waals surface area contributed by atoms with Crippen molar-refractivity contribution in [3.63, 3.8) is 0 Å². The van der Waals surface area contributed by atoms with Crippen LogP contribution in [0.25, 0.3) is 0 Å². The van der Waals surface area contributed by atoms with Crippen LogP contribution >= 0.6 is 0 Å². The van der Waals surface area contributed by atoms with E-state index >= 15 is 0 Å². The minimum atomic E-state index is 0.463. The molecule has 0 atom stereocenters. The van der Waals surface area contributed by atoms with Crippen molar-refractivity contribution in [3.05, 3.63) is 0 Å². The lowest BCUT2D eigenvalue weighted by molar-refractivity contribution is -0.0756. The van der Waals surface area contributed by atoms with Gasteiger partial charge in [-0.2, -0.15) is 0 Å². The van der Waals surface area contributed by atoms with Gasteiger partial charge in [-0.3, -0.25) is 0 Å². The lowest BCUT2D eigenvalue weighted by Gasteiger charge is -2.13. The molecule has 1 rings (SSSR count). The van der Waals surface area contributed by atoms with E-state index < -0.39 is 0 Å². The molecule has 0 amide bonds. The van der Waals surface area contributed by atoms with E-state index in [0.717, 1.165) is 0 Å². The van der Waals surface area contributed by atoms with Gasteiger partial charge >= 0.3 is 0 Å². The summed E-state index contributed by atoms with van der Waals surface area (Å²) in [5, 5.41) is 0. The highest BCUT2D eigenvalue weighted by Crippen LogP contribution is 2.19. The van der Waals surface area contributed by atoms with Crippen molar-refractivity contribution < 1.29 is 9.47 Å². The van der Waals surface area contributed by atoms with Gasteiger partial charge in [0.2, 0.25) is 0 Å². The average Bonchev–Trinajstić information content (AvgIpc) is 2.28. The largest absolute Gasteiger partial charge is 0.359 e. The van der Waals surface area contributed by atoms with Gasteiger partial charge in [-0.05, 0) is 12.8 Å². The second-order valence-corrected chi connectivity index (χ2v) is 3.19. The van der Waals surface area contributed by atoms with Gasteiger partial charge < -0.3 is 9.47 Å². The first kappa shape index (κ1) is 9.01. The standard InChI is InChI=1S/C9H18O2/c1-10-8-11-9-6-4-2-3-5-7-9/h9H,2-8H2,1H3. The molecule has 66 valence electrons. The van der Waals surface area contributed by atoms with E-state index in [2.05, 4.69) is 0 Å². The summed E-state index contributed by atoms with van der Waals surface area (Å²) < 4.78 is 10.4. The van der Waals surface area contributed by atoms with E-state index in [0.29, 0.717) is 12.9 Å². The second-order valence-electron chi connectivity index (χ2n) is 3.19. The molecule has 1 aliphatic rings. The number of rotatable bonds is 3. The van der Waals surface area contributed by atoms with Crippen LogP contribution in [0, 0.1) is 0 Å². The molecule has 2 heteroatoms. The molecule has 1 aliphatic carbocycles. The van der Waals surface area contributed by atoms with Gasteiger partial charge in [0.15, 0.2) is 0 Å². The van der Waals surface area contributed by atoms with Crippen LogP contribution in [0.5, 0.6) is 0 Å². The Kier molecular flexibility index (Phi) is 4.55. The molecule has 0 bridgehead atoms. The normalized spacial score (nSPS) is 21.5. The van der Waals surface area contributed by atoms with E-state index in [4.69, 9.17) is 9.47 Å². The van der Waals surface area contributed by atoms with Crippen LogP contribution in [-0.2, 0) is 9.47 Å². The molecule has 0 aromatic rings. The van der Waals surface area contributed by atoms with Crippen LogP contribution in [0.4, 0.5) is 0 Å². The molecule has 0 radical (unpaired) electrons. The quantitative estimate of drug-likeness (QED) is 0.463. The highest BCUT2D eigenvalue weighted by atomic mass is 16.7. The van der Waals surface area contributed by atoms with Crippen LogP contribution in [-0.4, -0.2) is 20.0 Å². The maximum absolute atomic E-state index is 5.49. The molecule has 1 fully saturated rings. The molecule has 0 aromatic carbocycles. The lowest BCUT2D eigenvalue weighted by Crippen LogP contribution is -2.13. The predicted octanol–water partition coefficient (Wildman–Crippen LogP) is 2.33. The maximum atomic E-state index is 5.49. The van der Waals surface area contributed by atoms with E-state index in [9.17, 15) is 0 Å². The Bertz CT molecular complexity index is 85.6. The third-order valence-corrected chi connectivity index (χ3v) is 2.22. The Morgan fingerprint density at radius 1 is 1.09 bits per heavy atom. The summed E-state index contributed by atoms with van der Waals surface area (Å²) in [7, 11) is 1.68. The Morgan fingerprint density at radius 2 is 1.73 bits per heavy atom. The summed E-state index contributed by atoms with van der Waals surface area (Å²) >= 11 is 0. The zero-order valence-corrected chi connectivity index (χ0v) is 7.34. The molecule has 0 N–H and O–H groups in total. The van der Waals surface area contributed by atoms with E-state index in [-0.39, 0.29) is 0 Å². The van der Waals surface area contributed by atoms with Gasteiger partial charge in [-0.1, -0.05) is 25.7 Å². The van der Waals surface area contributed by atoms with Crippen molar-refractivity contribution in [1.82, 2.24) is 0 Å². The van der Waals surface area contributed by atoms with Crippen LogP contribution in [0.1, 0.15) is 38.5 Å². The zero-order valence-electron chi connectivity index (χ0n) is 7.34. The number of hydrogen-bond acceptors (Lipinski definition) is 2. The van der Waals surface area contributed by atoms with Crippen molar-refractivity contribution in [1.29, 1.82) is 0 Å². The van der Waals surface area contributed by atoms with Gasteiger partial charge in [0.05, 0.1) is 6.10 Å². The number of methoxy groups -OCH3 is 1. The Labute approximate surface area is 68.9 Å². The van der Waals surface area contributed by atoms with Gasteiger partial charge in [0.1, 0.15) is 6.79 Å².